The van der Waals surface area contributed by atoms with E-state index in [1.54, 1.807) is 0 Å². The minimum Gasteiger partial charge on any atom is -0.367 e. The van der Waals surface area contributed by atoms with Crippen LogP contribution < -0.4 is 15.5 Å². The van der Waals surface area contributed by atoms with Crippen LogP contribution in [0.3, 0.4) is 0 Å². The van der Waals surface area contributed by atoms with Gasteiger partial charge < -0.3 is 20.4 Å². The van der Waals surface area contributed by atoms with Crippen LogP contribution in [0.15, 0.2) is 29.3 Å². The number of guanidine groups is 1. The van der Waals surface area contributed by atoms with Gasteiger partial charge in [0.15, 0.2) is 5.96 Å². The van der Waals surface area contributed by atoms with Gasteiger partial charge in [-0.15, -0.1) is 24.0 Å². The van der Waals surface area contributed by atoms with E-state index < -0.39 is 0 Å². The van der Waals surface area contributed by atoms with Crippen molar-refractivity contribution in [2.75, 3.05) is 50.7 Å². The minimum absolute atomic E-state index is 0. The SMILES string of the molecule is CCNC(=O)CN=C(NCC)N1CCN(c2ccccc2Cl)CC1.I. The second-order valence-electron chi connectivity index (χ2n) is 5.55. The Morgan fingerprint density at radius 2 is 1.76 bits per heavy atom. The van der Waals surface area contributed by atoms with Crippen molar-refractivity contribution >= 4 is 53.1 Å². The van der Waals surface area contributed by atoms with Gasteiger partial charge in [-0.3, -0.25) is 4.79 Å². The Balaban J connectivity index is 0.00000312. The number of nitrogens with one attached hydrogen (secondary N) is 2. The molecular weight excluding hydrogens is 453 g/mol. The number of anilines is 1. The molecule has 0 unspecified atom stereocenters. The second-order valence-corrected chi connectivity index (χ2v) is 5.96. The first-order chi connectivity index (χ1) is 11.7. The van der Waals surface area contributed by atoms with Crippen LogP contribution in [0.25, 0.3) is 0 Å². The van der Waals surface area contributed by atoms with E-state index in [9.17, 15) is 4.79 Å². The Kier molecular flexibility index (Phi) is 9.96. The number of carbonyl (C=O) groups excluding carboxylic acids is 1. The van der Waals surface area contributed by atoms with Gasteiger partial charge in [0.25, 0.3) is 0 Å². The van der Waals surface area contributed by atoms with Crippen LogP contribution in [-0.4, -0.2) is 62.6 Å². The van der Waals surface area contributed by atoms with Gasteiger partial charge in [-0.25, -0.2) is 4.99 Å². The largest absolute Gasteiger partial charge is 0.367 e. The Morgan fingerprint density at radius 3 is 2.36 bits per heavy atom. The van der Waals surface area contributed by atoms with Gasteiger partial charge in [0, 0.05) is 39.3 Å². The summed E-state index contributed by atoms with van der Waals surface area (Å²) >= 11 is 6.28. The molecule has 1 aliphatic rings. The molecule has 140 valence electrons. The number of para-hydroxylation sites is 1. The summed E-state index contributed by atoms with van der Waals surface area (Å²) in [5.41, 5.74) is 1.07. The number of nitrogens with zero attached hydrogens (tertiary/aromatic N) is 3. The van der Waals surface area contributed by atoms with Gasteiger partial charge >= 0.3 is 0 Å². The number of amides is 1. The Labute approximate surface area is 172 Å². The van der Waals surface area contributed by atoms with Crippen molar-refractivity contribution < 1.29 is 4.79 Å². The Morgan fingerprint density at radius 1 is 1.12 bits per heavy atom. The molecule has 0 aromatic heterocycles. The molecule has 1 aliphatic heterocycles. The normalized spacial score (nSPS) is 14.8. The highest BCUT2D eigenvalue weighted by Crippen LogP contribution is 2.25. The van der Waals surface area contributed by atoms with Gasteiger partial charge in [0.05, 0.1) is 10.7 Å². The van der Waals surface area contributed by atoms with Gasteiger partial charge in [-0.1, -0.05) is 23.7 Å². The molecule has 0 saturated carbocycles. The lowest BCUT2D eigenvalue weighted by atomic mass is 10.2. The lowest BCUT2D eigenvalue weighted by molar-refractivity contribution is -0.119. The van der Waals surface area contributed by atoms with Crippen molar-refractivity contribution in [2.45, 2.75) is 13.8 Å². The van der Waals surface area contributed by atoms with Gasteiger partial charge in [0.1, 0.15) is 6.54 Å². The number of carbonyl (C=O) groups is 1. The van der Waals surface area contributed by atoms with E-state index in [2.05, 4.69) is 25.4 Å². The highest BCUT2D eigenvalue weighted by Gasteiger charge is 2.21. The van der Waals surface area contributed by atoms with Crippen LogP contribution in [0.5, 0.6) is 0 Å². The van der Waals surface area contributed by atoms with E-state index in [1.807, 2.05) is 38.1 Å². The monoisotopic (exact) mass is 479 g/mol. The third kappa shape index (κ3) is 6.54. The molecule has 1 aromatic rings. The van der Waals surface area contributed by atoms with Crippen LogP contribution in [0.4, 0.5) is 5.69 Å². The maximum Gasteiger partial charge on any atom is 0.241 e. The highest BCUT2D eigenvalue weighted by atomic mass is 127. The summed E-state index contributed by atoms with van der Waals surface area (Å²) in [6, 6.07) is 7.92. The van der Waals surface area contributed by atoms with Crippen LogP contribution in [0.1, 0.15) is 13.8 Å². The molecule has 2 rings (SSSR count). The number of rotatable bonds is 5. The summed E-state index contributed by atoms with van der Waals surface area (Å²) < 4.78 is 0. The average molecular weight is 480 g/mol. The molecule has 1 heterocycles. The molecule has 1 aromatic carbocycles. The molecule has 1 amide bonds. The summed E-state index contributed by atoms with van der Waals surface area (Å²) in [5.74, 6) is 0.741. The summed E-state index contributed by atoms with van der Waals surface area (Å²) in [4.78, 5) is 20.5. The van der Waals surface area contributed by atoms with Gasteiger partial charge in [-0.05, 0) is 26.0 Å². The number of aliphatic imine (C=N–C) groups is 1. The standard InChI is InChI=1S/C17H26ClN5O.HI/c1-3-19-16(24)13-21-17(20-4-2)23-11-9-22(10-12-23)15-8-6-5-7-14(15)18;/h5-8H,3-4,9-13H2,1-2H3,(H,19,24)(H,20,21);1H. The molecule has 1 saturated heterocycles. The third-order valence-electron chi connectivity index (χ3n) is 3.85. The summed E-state index contributed by atoms with van der Waals surface area (Å²) in [7, 11) is 0. The maximum absolute atomic E-state index is 11.6. The molecule has 25 heavy (non-hydrogen) atoms. The summed E-state index contributed by atoms with van der Waals surface area (Å²) in [6.07, 6.45) is 0. The van der Waals surface area contributed by atoms with E-state index in [0.29, 0.717) is 6.54 Å². The fourth-order valence-corrected chi connectivity index (χ4v) is 2.95. The molecule has 8 heteroatoms. The summed E-state index contributed by atoms with van der Waals surface area (Å²) in [6.45, 7) is 8.91. The first-order valence-corrected chi connectivity index (χ1v) is 8.83. The lowest BCUT2D eigenvalue weighted by Crippen LogP contribution is -2.52. The van der Waals surface area contributed by atoms with Crippen molar-refractivity contribution in [3.05, 3.63) is 29.3 Å². The number of piperazine rings is 1. The van der Waals surface area contributed by atoms with Crippen molar-refractivity contribution in [1.82, 2.24) is 15.5 Å². The van der Waals surface area contributed by atoms with Crippen molar-refractivity contribution in [3.63, 3.8) is 0 Å². The van der Waals surface area contributed by atoms with Gasteiger partial charge in [-0.2, -0.15) is 0 Å². The fourth-order valence-electron chi connectivity index (χ4n) is 2.69. The van der Waals surface area contributed by atoms with Crippen LogP contribution in [0, 0.1) is 0 Å². The zero-order chi connectivity index (χ0) is 17.4. The molecule has 0 radical (unpaired) electrons. The molecule has 0 aliphatic carbocycles. The smallest absolute Gasteiger partial charge is 0.241 e. The van der Waals surface area contributed by atoms with Crippen molar-refractivity contribution in [1.29, 1.82) is 0 Å². The van der Waals surface area contributed by atoms with E-state index >= 15 is 0 Å². The fraction of sp³-hybridized carbons (Fsp3) is 0.529. The number of benzene rings is 1. The van der Waals surface area contributed by atoms with Crippen molar-refractivity contribution in [2.24, 2.45) is 4.99 Å². The Hall–Kier alpha value is -1.22. The van der Waals surface area contributed by atoms with Crippen molar-refractivity contribution in [3.8, 4) is 0 Å². The molecule has 0 atom stereocenters. The van der Waals surface area contributed by atoms with Crippen LogP contribution in [0.2, 0.25) is 5.02 Å². The average Bonchev–Trinajstić information content (AvgIpc) is 2.59. The maximum atomic E-state index is 11.6. The Bertz CT molecular complexity index is 576. The quantitative estimate of drug-likeness (QED) is 0.386. The molecule has 0 spiro atoms. The van der Waals surface area contributed by atoms with E-state index in [4.69, 9.17) is 11.6 Å². The molecule has 2 N–H and O–H groups in total. The minimum atomic E-state index is -0.0531. The van der Waals surface area contributed by atoms with Crippen LogP contribution >= 0.6 is 35.6 Å². The molecule has 1 fully saturated rings. The summed E-state index contributed by atoms with van der Waals surface area (Å²) in [5, 5.41) is 6.81. The highest BCUT2D eigenvalue weighted by molar-refractivity contribution is 14.0. The zero-order valence-electron chi connectivity index (χ0n) is 14.8. The molecule has 6 nitrogen and oxygen atoms in total. The molecular formula is C17H27ClIN5O. The first-order valence-electron chi connectivity index (χ1n) is 8.45. The number of hydrogen-bond donors (Lipinski definition) is 2. The number of halogens is 2. The molecule has 0 bridgehead atoms. The predicted molar refractivity (Wildman–Crippen MR) is 115 cm³/mol. The second kappa shape index (κ2) is 11.4. The third-order valence-corrected chi connectivity index (χ3v) is 4.17. The first kappa shape index (κ1) is 21.8. The van der Waals surface area contributed by atoms with Crippen LogP contribution in [-0.2, 0) is 4.79 Å². The van der Waals surface area contributed by atoms with E-state index in [-0.39, 0.29) is 36.4 Å². The lowest BCUT2D eigenvalue weighted by Gasteiger charge is -2.38. The number of likely N-dealkylation sites (N-methyl/N-ethyl adjacent to an activating group) is 1. The zero-order valence-corrected chi connectivity index (χ0v) is 17.9. The van der Waals surface area contributed by atoms with E-state index in [1.165, 1.54) is 0 Å². The predicted octanol–water partition coefficient (Wildman–Crippen LogP) is 2.18. The number of hydrogen-bond acceptors (Lipinski definition) is 3. The topological polar surface area (TPSA) is 60.0 Å². The van der Waals surface area contributed by atoms with Gasteiger partial charge in [0.2, 0.25) is 5.91 Å². The van der Waals surface area contributed by atoms with E-state index in [0.717, 1.165) is 49.4 Å².